The maximum absolute atomic E-state index is 15.6. The molecule has 2 aromatic heterocycles. The van der Waals surface area contributed by atoms with E-state index in [1.807, 2.05) is 10.7 Å². The fourth-order valence-electron chi connectivity index (χ4n) is 5.34. The molecule has 1 fully saturated rings. The first kappa shape index (κ1) is 28.8. The Kier molecular flexibility index (Phi) is 8.10. The van der Waals surface area contributed by atoms with Crippen LogP contribution in [0.3, 0.4) is 0 Å². The second kappa shape index (κ2) is 12.1. The van der Waals surface area contributed by atoms with E-state index in [1.165, 1.54) is 47.0 Å². The Bertz CT molecular complexity index is 1830. The summed E-state index contributed by atoms with van der Waals surface area (Å²) < 4.78 is 40.4. The van der Waals surface area contributed by atoms with E-state index in [9.17, 15) is 9.59 Å². The molecule has 1 unspecified atom stereocenters. The minimum Gasteiger partial charge on any atom is -0.356 e. The number of benzene rings is 3. The summed E-state index contributed by atoms with van der Waals surface area (Å²) in [7, 11) is 0. The van der Waals surface area contributed by atoms with Crippen LogP contribution in [0.2, 0.25) is 5.02 Å². The number of hydrogen-bond donors (Lipinski definition) is 1. The molecule has 3 heterocycles. The van der Waals surface area contributed by atoms with Crippen molar-refractivity contribution in [2.24, 2.45) is 0 Å². The highest BCUT2D eigenvalue weighted by Gasteiger charge is 2.34. The molecule has 1 amide bonds. The number of aromatic nitrogens is 3. The summed E-state index contributed by atoms with van der Waals surface area (Å²) in [6, 6.07) is 21.6. The molecule has 0 aliphatic carbocycles. The maximum Gasteiger partial charge on any atom is 0.298 e. The normalized spacial score (nSPS) is 15.5. The number of nitrogens with zero attached hydrogens (tertiary/aromatic N) is 3. The highest BCUT2D eigenvalue weighted by molar-refractivity contribution is 6.31. The molecule has 0 saturated carbocycles. The molecule has 0 spiro atoms. The average Bonchev–Trinajstić information content (AvgIpc) is 3.39. The van der Waals surface area contributed by atoms with Crippen LogP contribution in [0.4, 0.5) is 8.78 Å². The first-order chi connectivity index (χ1) is 20.8. The molecule has 0 radical (unpaired) electrons. The Hall–Kier alpha value is -4.34. The molecule has 43 heavy (non-hydrogen) atoms. The zero-order chi connectivity index (χ0) is 30.0. The molecule has 7 nitrogen and oxygen atoms in total. The minimum absolute atomic E-state index is 0.0853. The van der Waals surface area contributed by atoms with E-state index >= 15 is 8.78 Å². The highest BCUT2D eigenvalue weighted by Crippen LogP contribution is 2.36. The van der Waals surface area contributed by atoms with Gasteiger partial charge in [-0.3, -0.25) is 9.59 Å². The third-order valence-corrected chi connectivity index (χ3v) is 7.88. The van der Waals surface area contributed by atoms with Crippen LogP contribution in [0.1, 0.15) is 58.2 Å². The first-order valence-electron chi connectivity index (χ1n) is 14.1. The van der Waals surface area contributed by atoms with Gasteiger partial charge in [0.05, 0.1) is 24.3 Å². The highest BCUT2D eigenvalue weighted by atomic mass is 35.5. The Balaban J connectivity index is 1.18. The second-order valence-corrected chi connectivity index (χ2v) is 11.0. The quantitative estimate of drug-likeness (QED) is 0.215. The van der Waals surface area contributed by atoms with Gasteiger partial charge in [-0.05, 0) is 61.2 Å². The van der Waals surface area contributed by atoms with E-state index in [4.69, 9.17) is 21.4 Å². The zero-order valence-electron chi connectivity index (χ0n) is 23.2. The van der Waals surface area contributed by atoms with Crippen molar-refractivity contribution in [3.05, 3.63) is 134 Å². The van der Waals surface area contributed by atoms with Crippen LogP contribution in [0.5, 0.6) is 0 Å². The number of hydrogen-bond acceptors (Lipinski definition) is 4. The molecule has 1 saturated heterocycles. The summed E-state index contributed by atoms with van der Waals surface area (Å²) in [5.41, 5.74) is 1.59. The predicted molar refractivity (Wildman–Crippen MR) is 160 cm³/mol. The predicted octanol–water partition coefficient (Wildman–Crippen LogP) is 6.67. The van der Waals surface area contributed by atoms with Gasteiger partial charge in [0.25, 0.3) is 17.4 Å². The van der Waals surface area contributed by atoms with Crippen LogP contribution >= 0.6 is 11.6 Å². The molecule has 220 valence electrons. The summed E-state index contributed by atoms with van der Waals surface area (Å²) in [4.78, 5) is 25.1. The summed E-state index contributed by atoms with van der Waals surface area (Å²) >= 11 is 6.27. The number of amides is 1. The average molecular weight is 603 g/mol. The summed E-state index contributed by atoms with van der Waals surface area (Å²) in [5.74, 6) is -3.84. The molecular formula is C33H29ClF2N4O3. The molecule has 0 bridgehead atoms. The lowest BCUT2D eigenvalue weighted by atomic mass is 9.97. The molecule has 3 aromatic carbocycles. The van der Waals surface area contributed by atoms with Gasteiger partial charge in [0.1, 0.15) is 0 Å². The molecule has 1 atom stereocenters. The van der Waals surface area contributed by atoms with Gasteiger partial charge in [-0.15, -0.1) is 0 Å². The van der Waals surface area contributed by atoms with E-state index in [-0.39, 0.29) is 41.6 Å². The largest absolute Gasteiger partial charge is 0.356 e. The fourth-order valence-corrected chi connectivity index (χ4v) is 5.51. The maximum atomic E-state index is 15.6. The Labute approximate surface area is 251 Å². The lowest BCUT2D eigenvalue weighted by Crippen LogP contribution is -2.24. The lowest BCUT2D eigenvalue weighted by Gasteiger charge is -2.23. The second-order valence-electron chi connectivity index (χ2n) is 10.6. The van der Waals surface area contributed by atoms with Crippen LogP contribution in [-0.4, -0.2) is 26.9 Å². The number of carbonyl (C=O) groups is 1. The number of halogens is 3. The number of rotatable bonds is 8. The summed E-state index contributed by atoms with van der Waals surface area (Å²) in [6.45, 7) is 1.02. The number of alkyl halides is 2. The number of pyridine rings is 1. The number of carbonyl (C=O) groups excluding carboxylic acids is 1. The van der Waals surface area contributed by atoms with Crippen molar-refractivity contribution < 1.29 is 18.3 Å². The van der Waals surface area contributed by atoms with Gasteiger partial charge in [0, 0.05) is 46.0 Å². The van der Waals surface area contributed by atoms with Crippen molar-refractivity contribution in [3.8, 4) is 0 Å². The van der Waals surface area contributed by atoms with Crippen LogP contribution in [0, 0.1) is 0 Å². The van der Waals surface area contributed by atoms with E-state index in [0.29, 0.717) is 22.9 Å². The molecular weight excluding hydrogens is 574 g/mol. The Morgan fingerprint density at radius 2 is 1.84 bits per heavy atom. The molecule has 1 aliphatic rings. The summed E-state index contributed by atoms with van der Waals surface area (Å²) in [5, 5.41) is 8.90. The fraction of sp³-hybridized carbons (Fsp3) is 0.242. The van der Waals surface area contributed by atoms with Crippen molar-refractivity contribution in [2.75, 3.05) is 6.61 Å². The topological polar surface area (TPSA) is 78.2 Å². The third kappa shape index (κ3) is 6.09. The van der Waals surface area contributed by atoms with E-state index in [2.05, 4.69) is 5.32 Å². The van der Waals surface area contributed by atoms with Crippen molar-refractivity contribution in [2.45, 2.75) is 44.5 Å². The lowest BCUT2D eigenvalue weighted by molar-refractivity contribution is -0.0369. The van der Waals surface area contributed by atoms with Crippen molar-refractivity contribution >= 4 is 28.4 Å². The monoisotopic (exact) mass is 602 g/mol. The molecule has 1 N–H and O–H groups in total. The van der Waals surface area contributed by atoms with Gasteiger partial charge in [-0.1, -0.05) is 54.1 Å². The number of nitrogens with one attached hydrogen (secondary N) is 1. The van der Waals surface area contributed by atoms with E-state index in [1.54, 1.807) is 42.6 Å². The van der Waals surface area contributed by atoms with Crippen LogP contribution in [0.15, 0.2) is 95.9 Å². The van der Waals surface area contributed by atoms with Crippen molar-refractivity contribution in [1.82, 2.24) is 19.7 Å². The van der Waals surface area contributed by atoms with E-state index in [0.717, 1.165) is 30.2 Å². The molecule has 10 heteroatoms. The van der Waals surface area contributed by atoms with Gasteiger partial charge in [-0.25, -0.2) is 4.68 Å². The van der Waals surface area contributed by atoms with Crippen molar-refractivity contribution in [1.29, 1.82) is 0 Å². The Morgan fingerprint density at radius 1 is 1.00 bits per heavy atom. The van der Waals surface area contributed by atoms with Gasteiger partial charge in [0.2, 0.25) is 0 Å². The molecule has 5 aromatic rings. The van der Waals surface area contributed by atoms with Gasteiger partial charge < -0.3 is 14.6 Å². The third-order valence-electron chi connectivity index (χ3n) is 7.65. The SMILES string of the molecule is O=C(NCc1nn(C2CCCCO2)c2ccc(Cl)cc12)c1cccc(C(F)(F)c2ccc(Cn3ccccc3=O)cc2)c1. The summed E-state index contributed by atoms with van der Waals surface area (Å²) in [6.07, 6.45) is 4.32. The van der Waals surface area contributed by atoms with Crippen molar-refractivity contribution in [3.63, 3.8) is 0 Å². The van der Waals surface area contributed by atoms with Gasteiger partial charge >= 0.3 is 0 Å². The smallest absolute Gasteiger partial charge is 0.298 e. The van der Waals surface area contributed by atoms with Crippen LogP contribution in [-0.2, 0) is 23.7 Å². The van der Waals surface area contributed by atoms with Gasteiger partial charge in [0.15, 0.2) is 6.23 Å². The first-order valence-corrected chi connectivity index (χ1v) is 14.5. The molecule has 1 aliphatic heterocycles. The minimum atomic E-state index is -3.34. The Morgan fingerprint density at radius 3 is 2.60 bits per heavy atom. The standard InChI is InChI=1S/C33H29ClF2N4O3/c34-26-14-15-29-27(19-26)28(38-40(29)31-9-2-4-17-43-31)20-37-32(42)23-6-5-7-25(18-23)33(35,36)24-12-10-22(11-13-24)21-39-16-3-1-8-30(39)41/h1,3,5-8,10-16,18-19,31H,2,4,9,17,20-21H2,(H,37,42). The van der Waals surface area contributed by atoms with Crippen LogP contribution < -0.4 is 10.9 Å². The van der Waals surface area contributed by atoms with Crippen LogP contribution in [0.25, 0.3) is 10.9 Å². The number of ether oxygens (including phenoxy) is 1. The molecule has 6 rings (SSSR count). The number of fused-ring (bicyclic) bond motifs is 1. The van der Waals surface area contributed by atoms with E-state index < -0.39 is 11.8 Å². The zero-order valence-corrected chi connectivity index (χ0v) is 23.9. The van der Waals surface area contributed by atoms with Gasteiger partial charge in [-0.2, -0.15) is 13.9 Å².